The molecule has 1 aliphatic heterocycles. The van der Waals surface area contributed by atoms with E-state index in [2.05, 4.69) is 0 Å². The maximum Gasteiger partial charge on any atom is 0.257 e. The maximum atomic E-state index is 14.4. The summed E-state index contributed by atoms with van der Waals surface area (Å²) in [5.41, 5.74) is 0.844. The third-order valence-electron chi connectivity index (χ3n) is 5.18. The first-order chi connectivity index (χ1) is 15.0. The second-order valence-electron chi connectivity index (χ2n) is 7.13. The van der Waals surface area contributed by atoms with E-state index >= 15 is 0 Å². The van der Waals surface area contributed by atoms with Crippen LogP contribution in [0.25, 0.3) is 0 Å². The molecule has 0 aliphatic carbocycles. The highest BCUT2D eigenvalue weighted by Crippen LogP contribution is 2.29. The van der Waals surface area contributed by atoms with Crippen molar-refractivity contribution in [2.75, 3.05) is 4.90 Å². The van der Waals surface area contributed by atoms with Crippen LogP contribution in [-0.4, -0.2) is 28.7 Å². The molecule has 0 spiro atoms. The van der Waals surface area contributed by atoms with Crippen molar-refractivity contribution in [1.82, 2.24) is 4.90 Å². The summed E-state index contributed by atoms with van der Waals surface area (Å²) in [5.74, 6) is -2.34. The van der Waals surface area contributed by atoms with Gasteiger partial charge in [-0.3, -0.25) is 14.4 Å². The summed E-state index contributed by atoms with van der Waals surface area (Å²) in [6, 6.07) is 19.9. The first kappa shape index (κ1) is 20.8. The Morgan fingerprint density at radius 2 is 1.61 bits per heavy atom. The van der Waals surface area contributed by atoms with Crippen molar-refractivity contribution >= 4 is 35.0 Å². The second-order valence-corrected chi connectivity index (χ2v) is 7.53. The largest absolute Gasteiger partial charge is 0.322 e. The van der Waals surface area contributed by atoms with Crippen LogP contribution in [0.5, 0.6) is 0 Å². The lowest BCUT2D eigenvalue weighted by atomic mass is 10.1. The number of hydrogen-bond acceptors (Lipinski definition) is 3. The molecule has 1 aliphatic rings. The monoisotopic (exact) mass is 436 g/mol. The molecule has 156 valence electrons. The lowest BCUT2D eigenvalue weighted by molar-refractivity contribution is -0.122. The average Bonchev–Trinajstić information content (AvgIpc) is 3.07. The standard InChI is InChI=1S/C24H18ClFN2O3/c25-19-12-6-4-8-16(19)15-27(23(30)18-11-5-7-13-20(18)26)21-14-22(29)28(24(21)31)17-9-2-1-3-10-17/h1-13,21H,14-15H2. The lowest BCUT2D eigenvalue weighted by Crippen LogP contribution is -2.45. The second kappa shape index (κ2) is 8.70. The van der Waals surface area contributed by atoms with Crippen LogP contribution in [0.15, 0.2) is 78.9 Å². The third kappa shape index (κ3) is 4.07. The number of imide groups is 1. The SMILES string of the molecule is O=C1CC(N(Cc2ccccc2Cl)C(=O)c2ccccc2F)C(=O)N1c1ccccc1. The number of carbonyl (C=O) groups is 3. The highest BCUT2D eigenvalue weighted by molar-refractivity contribution is 6.31. The van der Waals surface area contributed by atoms with Gasteiger partial charge in [0, 0.05) is 11.6 Å². The normalized spacial score (nSPS) is 15.9. The van der Waals surface area contributed by atoms with Gasteiger partial charge in [-0.25, -0.2) is 9.29 Å². The quantitative estimate of drug-likeness (QED) is 0.555. The molecule has 3 aromatic carbocycles. The van der Waals surface area contributed by atoms with Gasteiger partial charge in [-0.1, -0.05) is 60.1 Å². The molecule has 0 saturated carbocycles. The summed E-state index contributed by atoms with van der Waals surface area (Å²) in [7, 11) is 0. The van der Waals surface area contributed by atoms with Gasteiger partial charge in [0.15, 0.2) is 0 Å². The zero-order chi connectivity index (χ0) is 22.0. The Kier molecular flexibility index (Phi) is 5.82. The molecule has 7 heteroatoms. The van der Waals surface area contributed by atoms with Crippen molar-refractivity contribution in [1.29, 1.82) is 0 Å². The van der Waals surface area contributed by atoms with Crippen LogP contribution in [0.4, 0.5) is 10.1 Å². The molecule has 1 unspecified atom stereocenters. The number of nitrogens with zero attached hydrogens (tertiary/aromatic N) is 2. The van der Waals surface area contributed by atoms with Gasteiger partial charge in [-0.2, -0.15) is 0 Å². The Labute approximate surface area is 183 Å². The highest BCUT2D eigenvalue weighted by Gasteiger charge is 2.44. The average molecular weight is 437 g/mol. The molecule has 0 N–H and O–H groups in total. The molecule has 1 saturated heterocycles. The summed E-state index contributed by atoms with van der Waals surface area (Å²) in [6.07, 6.45) is -0.196. The van der Waals surface area contributed by atoms with Crippen LogP contribution in [-0.2, 0) is 16.1 Å². The maximum absolute atomic E-state index is 14.4. The Bertz CT molecular complexity index is 1150. The minimum absolute atomic E-state index is 0.0425. The molecule has 3 amide bonds. The van der Waals surface area contributed by atoms with E-state index in [0.29, 0.717) is 16.3 Å². The number of para-hydroxylation sites is 1. The molecule has 3 aromatic rings. The fourth-order valence-electron chi connectivity index (χ4n) is 3.63. The van der Waals surface area contributed by atoms with Gasteiger partial charge in [-0.15, -0.1) is 0 Å². The molecular weight excluding hydrogens is 419 g/mol. The van der Waals surface area contributed by atoms with E-state index in [1.807, 2.05) is 0 Å². The van der Waals surface area contributed by atoms with E-state index in [1.165, 1.54) is 23.1 Å². The molecule has 1 fully saturated rings. The predicted molar refractivity (Wildman–Crippen MR) is 115 cm³/mol. The number of rotatable bonds is 5. The Balaban J connectivity index is 1.73. The minimum atomic E-state index is -1.07. The summed E-state index contributed by atoms with van der Waals surface area (Å²) < 4.78 is 14.4. The van der Waals surface area contributed by atoms with Gasteiger partial charge in [0.25, 0.3) is 11.8 Å². The molecule has 31 heavy (non-hydrogen) atoms. The van der Waals surface area contributed by atoms with Crippen LogP contribution in [0, 0.1) is 5.82 Å². The number of halogens is 2. The molecule has 5 nitrogen and oxygen atoms in total. The van der Waals surface area contributed by atoms with Crippen LogP contribution < -0.4 is 4.90 Å². The lowest BCUT2D eigenvalue weighted by Gasteiger charge is -2.28. The molecular formula is C24H18ClFN2O3. The van der Waals surface area contributed by atoms with E-state index in [-0.39, 0.29) is 18.5 Å². The summed E-state index contributed by atoms with van der Waals surface area (Å²) in [6.45, 7) is -0.0425. The molecule has 4 rings (SSSR count). The number of benzene rings is 3. The van der Waals surface area contributed by atoms with Gasteiger partial charge < -0.3 is 4.90 Å². The molecule has 1 atom stereocenters. The molecule has 0 aromatic heterocycles. The third-order valence-corrected chi connectivity index (χ3v) is 5.55. The number of amides is 3. The van der Waals surface area contributed by atoms with E-state index in [4.69, 9.17) is 11.6 Å². The summed E-state index contributed by atoms with van der Waals surface area (Å²) in [5, 5.41) is 0.408. The zero-order valence-electron chi connectivity index (χ0n) is 16.4. The highest BCUT2D eigenvalue weighted by atomic mass is 35.5. The van der Waals surface area contributed by atoms with Gasteiger partial charge in [0.2, 0.25) is 5.91 Å². The minimum Gasteiger partial charge on any atom is -0.322 e. The smallest absolute Gasteiger partial charge is 0.257 e. The van der Waals surface area contributed by atoms with Gasteiger partial charge in [0.05, 0.1) is 17.7 Å². The van der Waals surface area contributed by atoms with Gasteiger partial charge in [0.1, 0.15) is 11.9 Å². The molecule has 0 bridgehead atoms. The van der Waals surface area contributed by atoms with Crippen LogP contribution in [0.3, 0.4) is 0 Å². The van der Waals surface area contributed by atoms with E-state index in [1.54, 1.807) is 60.7 Å². The Morgan fingerprint density at radius 3 is 2.32 bits per heavy atom. The number of anilines is 1. The van der Waals surface area contributed by atoms with Crippen molar-refractivity contribution in [3.63, 3.8) is 0 Å². The van der Waals surface area contributed by atoms with Gasteiger partial charge >= 0.3 is 0 Å². The Hall–Kier alpha value is -3.51. The fourth-order valence-corrected chi connectivity index (χ4v) is 3.83. The predicted octanol–water partition coefficient (Wildman–Crippen LogP) is 4.45. The van der Waals surface area contributed by atoms with E-state index < -0.39 is 29.6 Å². The van der Waals surface area contributed by atoms with Crippen LogP contribution in [0.2, 0.25) is 5.02 Å². The molecule has 0 radical (unpaired) electrons. The first-order valence-electron chi connectivity index (χ1n) is 9.68. The van der Waals surface area contributed by atoms with Gasteiger partial charge in [-0.05, 0) is 35.9 Å². The van der Waals surface area contributed by atoms with Crippen molar-refractivity contribution in [3.05, 3.63) is 101 Å². The topological polar surface area (TPSA) is 57.7 Å². The zero-order valence-corrected chi connectivity index (χ0v) is 17.1. The van der Waals surface area contributed by atoms with E-state index in [9.17, 15) is 18.8 Å². The van der Waals surface area contributed by atoms with Crippen molar-refractivity contribution in [2.24, 2.45) is 0 Å². The fraction of sp³-hybridized carbons (Fsp3) is 0.125. The first-order valence-corrected chi connectivity index (χ1v) is 10.1. The van der Waals surface area contributed by atoms with Crippen molar-refractivity contribution in [3.8, 4) is 0 Å². The number of hydrogen-bond donors (Lipinski definition) is 0. The van der Waals surface area contributed by atoms with Crippen molar-refractivity contribution in [2.45, 2.75) is 19.0 Å². The van der Waals surface area contributed by atoms with Crippen LogP contribution >= 0.6 is 11.6 Å². The van der Waals surface area contributed by atoms with E-state index in [0.717, 1.165) is 4.90 Å². The molecule has 1 heterocycles. The number of carbonyl (C=O) groups excluding carboxylic acids is 3. The Morgan fingerprint density at radius 1 is 0.968 bits per heavy atom. The van der Waals surface area contributed by atoms with Crippen LogP contribution in [0.1, 0.15) is 22.3 Å². The van der Waals surface area contributed by atoms with Crippen molar-refractivity contribution < 1.29 is 18.8 Å². The summed E-state index contributed by atoms with van der Waals surface area (Å²) >= 11 is 6.27. The summed E-state index contributed by atoms with van der Waals surface area (Å²) in [4.78, 5) is 41.6.